The summed E-state index contributed by atoms with van der Waals surface area (Å²) in [4.78, 5) is 15.7. The molecule has 0 bridgehead atoms. The van der Waals surface area contributed by atoms with Crippen LogP contribution in [0.1, 0.15) is 75.7 Å². The molecule has 0 unspecified atom stereocenters. The van der Waals surface area contributed by atoms with Gasteiger partial charge in [0.05, 0.1) is 0 Å². The van der Waals surface area contributed by atoms with E-state index in [9.17, 15) is 4.79 Å². The minimum atomic E-state index is 0.0926. The molecule has 30 heavy (non-hydrogen) atoms. The lowest BCUT2D eigenvalue weighted by molar-refractivity contribution is -0.126. The number of allylic oxidation sites excluding steroid dienone is 2. The van der Waals surface area contributed by atoms with Crippen LogP contribution in [0, 0.1) is 5.92 Å². The summed E-state index contributed by atoms with van der Waals surface area (Å²) in [7, 11) is 15.5. The van der Waals surface area contributed by atoms with E-state index in [1.165, 1.54) is 23.8 Å². The second-order valence-corrected chi connectivity index (χ2v) is 8.76. The number of rotatable bonds is 3. The molecular formula is C25H62N4O. The number of hydrogen-bond acceptors (Lipinski definition) is 4. The van der Waals surface area contributed by atoms with Crippen molar-refractivity contribution < 1.29 is 4.79 Å². The first-order chi connectivity index (χ1) is 13.5. The zero-order valence-corrected chi connectivity index (χ0v) is 24.4. The number of carbonyl (C=O) groups is 1. The summed E-state index contributed by atoms with van der Waals surface area (Å²) in [6.07, 6.45) is 3.39. The van der Waals surface area contributed by atoms with Gasteiger partial charge in [-0.2, -0.15) is 0 Å². The molecule has 0 rings (SSSR count). The van der Waals surface area contributed by atoms with E-state index in [-0.39, 0.29) is 5.91 Å². The Balaban J connectivity index is -0.0000000578. The van der Waals surface area contributed by atoms with E-state index in [0.717, 1.165) is 12.5 Å². The lowest BCUT2D eigenvalue weighted by atomic mass is 10.2. The van der Waals surface area contributed by atoms with Gasteiger partial charge in [0, 0.05) is 27.1 Å². The highest BCUT2D eigenvalue weighted by Gasteiger charge is 1.87. The lowest BCUT2D eigenvalue weighted by Gasteiger charge is -2.02. The van der Waals surface area contributed by atoms with Gasteiger partial charge in [0.1, 0.15) is 0 Å². The maximum Gasteiger partial charge on any atom is 0.218 e. The second kappa shape index (κ2) is 35.5. The van der Waals surface area contributed by atoms with Crippen LogP contribution in [-0.4, -0.2) is 89.6 Å². The van der Waals surface area contributed by atoms with E-state index in [2.05, 4.69) is 85.8 Å². The molecule has 5 nitrogen and oxygen atoms in total. The van der Waals surface area contributed by atoms with Crippen LogP contribution in [0.4, 0.5) is 0 Å². The maximum atomic E-state index is 10.1. The smallest absolute Gasteiger partial charge is 0.218 e. The first-order valence-electron chi connectivity index (χ1n) is 11.2. The molecule has 1 N–H and O–H groups in total. The van der Waals surface area contributed by atoms with Gasteiger partial charge in [0.2, 0.25) is 5.91 Å². The first kappa shape index (κ1) is 43.1. The van der Waals surface area contributed by atoms with Gasteiger partial charge in [-0.05, 0) is 75.5 Å². The van der Waals surface area contributed by atoms with Gasteiger partial charge < -0.3 is 20.0 Å². The minimum Gasteiger partial charge on any atom is -0.349 e. The van der Waals surface area contributed by atoms with Gasteiger partial charge in [0.25, 0.3) is 0 Å². The molecule has 0 atom stereocenters. The molecule has 0 saturated carbocycles. The number of nitrogens with zero attached hydrogens (tertiary/aromatic N) is 3. The van der Waals surface area contributed by atoms with Crippen molar-refractivity contribution in [2.45, 2.75) is 81.7 Å². The average molecular weight is 435 g/mol. The van der Waals surface area contributed by atoms with E-state index in [4.69, 9.17) is 0 Å². The van der Waals surface area contributed by atoms with Crippen LogP contribution >= 0.6 is 0 Å². The van der Waals surface area contributed by atoms with Crippen LogP contribution in [0.3, 0.4) is 0 Å². The Hall–Kier alpha value is -0.910. The Morgan fingerprint density at radius 2 is 1.03 bits per heavy atom. The van der Waals surface area contributed by atoms with Crippen molar-refractivity contribution in [2.75, 3.05) is 62.9 Å². The molecule has 5 heteroatoms. The predicted octanol–water partition coefficient (Wildman–Crippen LogP) is 5.48. The SMILES string of the molecule is CC(=O)N(C)C.CC=C(C)C.CCC(C)C.CCN(C)C.CN(C)C.CNC(C)C. The van der Waals surface area contributed by atoms with E-state index in [0.29, 0.717) is 6.04 Å². The highest BCUT2D eigenvalue weighted by Crippen LogP contribution is 1.93. The molecule has 0 aromatic carbocycles. The van der Waals surface area contributed by atoms with Gasteiger partial charge in [-0.1, -0.05) is 59.6 Å². The number of amides is 1. The van der Waals surface area contributed by atoms with Crippen LogP contribution in [0.15, 0.2) is 11.6 Å². The fourth-order valence-electron chi connectivity index (χ4n) is 0. The Bertz CT molecular complexity index is 297. The predicted molar refractivity (Wildman–Crippen MR) is 143 cm³/mol. The third-order valence-electron chi connectivity index (χ3n) is 3.23. The second-order valence-electron chi connectivity index (χ2n) is 8.76. The molecule has 0 fully saturated rings. The van der Waals surface area contributed by atoms with Crippen LogP contribution in [-0.2, 0) is 4.79 Å². The molecule has 0 aliphatic heterocycles. The topological polar surface area (TPSA) is 38.8 Å². The molecule has 0 aliphatic rings. The summed E-state index contributed by atoms with van der Waals surface area (Å²) in [5.41, 5.74) is 1.38. The van der Waals surface area contributed by atoms with Crippen molar-refractivity contribution in [3.63, 3.8) is 0 Å². The van der Waals surface area contributed by atoms with Crippen molar-refractivity contribution in [1.29, 1.82) is 0 Å². The Kier molecular flexibility index (Phi) is 51.0. The standard InChI is InChI=1S/C5H12.C5H10.C4H9NO.2C4H11N.C3H9N/c2*1-4-5(2)3;1-4(6)5(2)3;1-4-5(2)3;1-4(2)5-3;1-4(2)3/h5H,4H2,1-3H3;4H,1-3H3;1-3H3;4H2,1-3H3;4-5H,1-3H3;1-3H3. The number of carbonyl (C=O) groups excluding carboxylic acids is 1. The first-order valence-corrected chi connectivity index (χ1v) is 11.2. The van der Waals surface area contributed by atoms with Crippen LogP contribution in [0.2, 0.25) is 0 Å². The van der Waals surface area contributed by atoms with Gasteiger partial charge in [-0.3, -0.25) is 4.79 Å². The largest absolute Gasteiger partial charge is 0.349 e. The molecule has 0 aromatic heterocycles. The van der Waals surface area contributed by atoms with E-state index in [1.807, 2.05) is 40.0 Å². The molecule has 0 aromatic rings. The number of nitrogens with one attached hydrogen (secondary N) is 1. The third kappa shape index (κ3) is 150. The van der Waals surface area contributed by atoms with E-state index in [1.54, 1.807) is 14.1 Å². The normalized spacial score (nSPS) is 8.73. The summed E-state index contributed by atoms with van der Waals surface area (Å²) in [5, 5.41) is 3.03. The lowest BCUT2D eigenvalue weighted by Crippen LogP contribution is -2.17. The molecule has 0 spiro atoms. The van der Waals surface area contributed by atoms with Crippen molar-refractivity contribution in [3.8, 4) is 0 Å². The highest BCUT2D eigenvalue weighted by atomic mass is 16.2. The maximum absolute atomic E-state index is 10.1. The highest BCUT2D eigenvalue weighted by molar-refractivity contribution is 5.72. The van der Waals surface area contributed by atoms with E-state index >= 15 is 0 Å². The molecule has 0 radical (unpaired) electrons. The van der Waals surface area contributed by atoms with E-state index < -0.39 is 0 Å². The minimum absolute atomic E-state index is 0.0926. The third-order valence-corrected chi connectivity index (χ3v) is 3.23. The molecule has 0 saturated heterocycles. The zero-order valence-electron chi connectivity index (χ0n) is 24.4. The molecule has 1 amide bonds. The van der Waals surface area contributed by atoms with Gasteiger partial charge in [-0.15, -0.1) is 0 Å². The fraction of sp³-hybridized carbons (Fsp3) is 0.880. The molecule has 0 aliphatic carbocycles. The Morgan fingerprint density at radius 1 is 0.867 bits per heavy atom. The summed E-state index contributed by atoms with van der Waals surface area (Å²) in [5.74, 6) is 0.977. The van der Waals surface area contributed by atoms with Gasteiger partial charge in [-0.25, -0.2) is 0 Å². The van der Waals surface area contributed by atoms with Crippen LogP contribution in [0.25, 0.3) is 0 Å². The molecule has 0 heterocycles. The summed E-state index contributed by atoms with van der Waals surface area (Å²) in [6, 6.07) is 0.634. The summed E-state index contributed by atoms with van der Waals surface area (Å²) in [6.45, 7) is 21.9. The van der Waals surface area contributed by atoms with Gasteiger partial charge in [0.15, 0.2) is 0 Å². The monoisotopic (exact) mass is 434 g/mol. The van der Waals surface area contributed by atoms with Crippen LogP contribution in [0.5, 0.6) is 0 Å². The van der Waals surface area contributed by atoms with Crippen molar-refractivity contribution in [1.82, 2.24) is 20.0 Å². The van der Waals surface area contributed by atoms with Crippen molar-refractivity contribution in [3.05, 3.63) is 11.6 Å². The molecular weight excluding hydrogens is 372 g/mol. The van der Waals surface area contributed by atoms with Crippen LogP contribution < -0.4 is 5.32 Å². The Morgan fingerprint density at radius 3 is 1.03 bits per heavy atom. The Labute approximate surface area is 193 Å². The van der Waals surface area contributed by atoms with Gasteiger partial charge >= 0.3 is 0 Å². The van der Waals surface area contributed by atoms with Crippen molar-refractivity contribution in [2.24, 2.45) is 5.92 Å². The number of hydrogen-bond donors (Lipinski definition) is 1. The average Bonchev–Trinajstić information content (AvgIpc) is 2.62. The van der Waals surface area contributed by atoms with Crippen molar-refractivity contribution >= 4 is 5.91 Å². The molecule has 188 valence electrons. The summed E-state index contributed by atoms with van der Waals surface area (Å²) >= 11 is 0. The quantitative estimate of drug-likeness (QED) is 0.597. The summed E-state index contributed by atoms with van der Waals surface area (Å²) < 4.78 is 0. The fourth-order valence-corrected chi connectivity index (χ4v) is 0. The zero-order chi connectivity index (χ0) is 25.9.